The van der Waals surface area contributed by atoms with E-state index in [1.807, 2.05) is 11.8 Å². The molecule has 1 saturated heterocycles. The molecule has 1 aliphatic carbocycles. The molecule has 3 heteroatoms. The van der Waals surface area contributed by atoms with E-state index in [1.54, 1.807) is 0 Å². The number of carbonyl (C=O) groups is 1. The van der Waals surface area contributed by atoms with E-state index in [0.29, 0.717) is 11.3 Å². The van der Waals surface area contributed by atoms with Crippen LogP contribution >= 0.6 is 0 Å². The lowest BCUT2D eigenvalue weighted by Gasteiger charge is -2.27. The largest absolute Gasteiger partial charge is 0.341 e. The van der Waals surface area contributed by atoms with Crippen LogP contribution in [0.3, 0.4) is 0 Å². The molecule has 2 fully saturated rings. The van der Waals surface area contributed by atoms with Gasteiger partial charge in [-0.05, 0) is 38.0 Å². The first-order valence-corrected chi connectivity index (χ1v) is 7.13. The molecule has 2 aliphatic rings. The number of carbonyl (C=O) groups excluding carboxylic acids is 1. The zero-order valence-electron chi connectivity index (χ0n) is 11.3. The van der Waals surface area contributed by atoms with Crippen molar-refractivity contribution in [2.45, 2.75) is 58.4 Å². The molecule has 1 amide bonds. The highest BCUT2D eigenvalue weighted by Gasteiger charge is 2.30. The molecule has 1 atom stereocenters. The fourth-order valence-electron chi connectivity index (χ4n) is 3.10. The summed E-state index contributed by atoms with van der Waals surface area (Å²) in [7, 11) is 0. The number of hydrogen-bond donors (Lipinski definition) is 1. The monoisotopic (exact) mass is 238 g/mol. The van der Waals surface area contributed by atoms with E-state index in [9.17, 15) is 4.79 Å². The Labute approximate surface area is 105 Å². The highest BCUT2D eigenvalue weighted by molar-refractivity contribution is 5.81. The van der Waals surface area contributed by atoms with Crippen LogP contribution in [-0.2, 0) is 4.79 Å². The molecule has 1 N–H and O–H groups in total. The van der Waals surface area contributed by atoms with E-state index < -0.39 is 0 Å². The Kier molecular flexibility index (Phi) is 4.08. The number of nitrogens with zero attached hydrogens (tertiary/aromatic N) is 1. The van der Waals surface area contributed by atoms with Crippen LogP contribution in [0.25, 0.3) is 0 Å². The van der Waals surface area contributed by atoms with Crippen LogP contribution in [0.15, 0.2) is 0 Å². The topological polar surface area (TPSA) is 32.3 Å². The molecule has 1 saturated carbocycles. The van der Waals surface area contributed by atoms with E-state index in [2.05, 4.69) is 12.2 Å². The smallest absolute Gasteiger partial charge is 0.239 e. The molecule has 2 rings (SSSR count). The number of nitrogens with one attached hydrogen (secondary N) is 1. The first-order chi connectivity index (χ1) is 8.11. The lowest BCUT2D eigenvalue weighted by molar-refractivity contribution is -0.132. The molecule has 0 radical (unpaired) electrons. The Morgan fingerprint density at radius 1 is 1.24 bits per heavy atom. The van der Waals surface area contributed by atoms with Crippen molar-refractivity contribution in [3.63, 3.8) is 0 Å². The molecule has 1 heterocycles. The highest BCUT2D eigenvalue weighted by atomic mass is 16.2. The average molecular weight is 238 g/mol. The molecule has 0 spiro atoms. The van der Waals surface area contributed by atoms with E-state index in [-0.39, 0.29) is 6.04 Å². The Hall–Kier alpha value is -0.570. The third-order valence-electron chi connectivity index (χ3n) is 4.43. The quantitative estimate of drug-likeness (QED) is 0.814. The van der Waals surface area contributed by atoms with Gasteiger partial charge in [-0.1, -0.05) is 19.8 Å². The third-order valence-corrected chi connectivity index (χ3v) is 4.43. The maximum atomic E-state index is 12.1. The van der Waals surface area contributed by atoms with E-state index in [1.165, 1.54) is 38.5 Å². The summed E-state index contributed by atoms with van der Waals surface area (Å²) in [5.74, 6) is 0.295. The number of rotatable bonds is 4. The Morgan fingerprint density at radius 2 is 1.82 bits per heavy atom. The minimum atomic E-state index is -0.00877. The van der Waals surface area contributed by atoms with Crippen LogP contribution in [0.5, 0.6) is 0 Å². The van der Waals surface area contributed by atoms with Gasteiger partial charge in [0.15, 0.2) is 0 Å². The van der Waals surface area contributed by atoms with Crippen LogP contribution in [0.2, 0.25) is 0 Å². The van der Waals surface area contributed by atoms with E-state index >= 15 is 0 Å². The summed E-state index contributed by atoms with van der Waals surface area (Å²) in [5.41, 5.74) is 0.430. The Balaban J connectivity index is 1.76. The van der Waals surface area contributed by atoms with Gasteiger partial charge in [0.05, 0.1) is 6.04 Å². The fourth-order valence-corrected chi connectivity index (χ4v) is 3.10. The van der Waals surface area contributed by atoms with Crippen molar-refractivity contribution in [3.8, 4) is 0 Å². The number of hydrogen-bond acceptors (Lipinski definition) is 2. The zero-order chi connectivity index (χ0) is 12.3. The van der Waals surface area contributed by atoms with Crippen molar-refractivity contribution in [2.75, 3.05) is 19.6 Å². The molecular formula is C14H26N2O. The van der Waals surface area contributed by atoms with Crippen LogP contribution in [0, 0.1) is 5.41 Å². The standard InChI is InChI=1S/C14H26N2O/c1-12(13(17)16-9-5-6-10-16)15-11-14(2)7-3-4-8-14/h12,15H,3-11H2,1-2H3. The van der Waals surface area contributed by atoms with Gasteiger partial charge in [-0.3, -0.25) is 4.79 Å². The summed E-state index contributed by atoms with van der Waals surface area (Å²) in [6.07, 6.45) is 7.68. The molecule has 98 valence electrons. The minimum Gasteiger partial charge on any atom is -0.341 e. The van der Waals surface area contributed by atoms with Gasteiger partial charge in [-0.25, -0.2) is 0 Å². The van der Waals surface area contributed by atoms with Crippen molar-refractivity contribution in [1.82, 2.24) is 10.2 Å². The summed E-state index contributed by atoms with van der Waals surface area (Å²) in [4.78, 5) is 14.1. The van der Waals surface area contributed by atoms with E-state index in [0.717, 1.165) is 19.6 Å². The van der Waals surface area contributed by atoms with Crippen molar-refractivity contribution >= 4 is 5.91 Å². The van der Waals surface area contributed by atoms with Crippen LogP contribution in [0.4, 0.5) is 0 Å². The predicted molar refractivity (Wildman–Crippen MR) is 69.9 cm³/mol. The first-order valence-electron chi connectivity index (χ1n) is 7.13. The van der Waals surface area contributed by atoms with Crippen LogP contribution in [-0.4, -0.2) is 36.5 Å². The molecular weight excluding hydrogens is 212 g/mol. The van der Waals surface area contributed by atoms with Gasteiger partial charge in [0, 0.05) is 19.6 Å². The molecule has 0 aromatic carbocycles. The molecule has 0 aromatic rings. The summed E-state index contributed by atoms with van der Waals surface area (Å²) in [5, 5.41) is 3.45. The second kappa shape index (κ2) is 5.38. The zero-order valence-corrected chi connectivity index (χ0v) is 11.3. The minimum absolute atomic E-state index is 0.00877. The Bertz CT molecular complexity index is 265. The molecule has 1 aliphatic heterocycles. The summed E-state index contributed by atoms with van der Waals surface area (Å²) < 4.78 is 0. The van der Waals surface area contributed by atoms with Crippen molar-refractivity contribution < 1.29 is 4.79 Å². The summed E-state index contributed by atoms with van der Waals surface area (Å²) >= 11 is 0. The van der Waals surface area contributed by atoms with Crippen molar-refractivity contribution in [3.05, 3.63) is 0 Å². The number of amides is 1. The second-order valence-electron chi connectivity index (χ2n) is 6.15. The first kappa shape index (κ1) is 12.9. The highest BCUT2D eigenvalue weighted by Crippen LogP contribution is 2.36. The summed E-state index contributed by atoms with van der Waals surface area (Å²) in [6, 6.07) is -0.00877. The third kappa shape index (κ3) is 3.21. The predicted octanol–water partition coefficient (Wildman–Crippen LogP) is 2.17. The fraction of sp³-hybridized carbons (Fsp3) is 0.929. The van der Waals surface area contributed by atoms with Crippen molar-refractivity contribution in [1.29, 1.82) is 0 Å². The second-order valence-corrected chi connectivity index (χ2v) is 6.15. The molecule has 1 unspecified atom stereocenters. The summed E-state index contributed by atoms with van der Waals surface area (Å²) in [6.45, 7) is 7.27. The van der Waals surface area contributed by atoms with Gasteiger partial charge in [-0.2, -0.15) is 0 Å². The average Bonchev–Trinajstić information content (AvgIpc) is 2.96. The SMILES string of the molecule is CC(NCC1(C)CCCC1)C(=O)N1CCCC1. The lowest BCUT2D eigenvalue weighted by atomic mass is 9.88. The van der Waals surface area contributed by atoms with Gasteiger partial charge >= 0.3 is 0 Å². The van der Waals surface area contributed by atoms with Gasteiger partial charge in [-0.15, -0.1) is 0 Å². The van der Waals surface area contributed by atoms with Gasteiger partial charge in [0.2, 0.25) is 5.91 Å². The molecule has 17 heavy (non-hydrogen) atoms. The maximum Gasteiger partial charge on any atom is 0.239 e. The molecule has 0 aromatic heterocycles. The number of likely N-dealkylation sites (tertiary alicyclic amines) is 1. The van der Waals surface area contributed by atoms with Gasteiger partial charge < -0.3 is 10.2 Å². The Morgan fingerprint density at radius 3 is 2.41 bits per heavy atom. The van der Waals surface area contributed by atoms with Crippen LogP contribution < -0.4 is 5.32 Å². The van der Waals surface area contributed by atoms with Crippen LogP contribution in [0.1, 0.15) is 52.4 Å². The van der Waals surface area contributed by atoms with Gasteiger partial charge in [0.25, 0.3) is 0 Å². The van der Waals surface area contributed by atoms with Crippen molar-refractivity contribution in [2.24, 2.45) is 5.41 Å². The normalized spacial score (nSPS) is 25.2. The maximum absolute atomic E-state index is 12.1. The molecule has 0 bridgehead atoms. The van der Waals surface area contributed by atoms with E-state index in [4.69, 9.17) is 0 Å². The molecule has 3 nitrogen and oxygen atoms in total. The lowest BCUT2D eigenvalue weighted by Crippen LogP contribution is -2.46. The van der Waals surface area contributed by atoms with Gasteiger partial charge in [0.1, 0.15) is 0 Å².